The number of nitrogens with zero attached hydrogens (tertiary/aromatic N) is 2. The maximum Gasteiger partial charge on any atom is 0.396 e. The molecule has 2 rings (SSSR count). The van der Waals surface area contributed by atoms with Crippen LogP contribution in [0.5, 0.6) is 0 Å². The lowest BCUT2D eigenvalue weighted by atomic mass is 10.1. The van der Waals surface area contributed by atoms with Crippen LogP contribution in [0.1, 0.15) is 28.7 Å². The number of ether oxygens (including phenoxy) is 1. The van der Waals surface area contributed by atoms with E-state index in [0.29, 0.717) is 5.75 Å². The first kappa shape index (κ1) is 14.5. The third-order valence-electron chi connectivity index (χ3n) is 2.52. The van der Waals surface area contributed by atoms with Crippen molar-refractivity contribution in [2.24, 2.45) is 0 Å². The Hall–Kier alpha value is -1.89. The molecular formula is C13H13FN2O3S. The van der Waals surface area contributed by atoms with Crippen molar-refractivity contribution in [3.8, 4) is 0 Å². The molecule has 0 aliphatic rings. The molecule has 7 heteroatoms. The summed E-state index contributed by atoms with van der Waals surface area (Å²) in [5, 5.41) is 7.59. The molecular weight excluding hydrogens is 283 g/mol. The van der Waals surface area contributed by atoms with Gasteiger partial charge in [-0.1, -0.05) is 22.9 Å². The SMILES string of the molecule is CCOC(=O)c1nnc(SCc2cc(F)ccc2C)o1. The molecule has 2 aromatic rings. The molecule has 0 unspecified atom stereocenters. The highest BCUT2D eigenvalue weighted by Gasteiger charge is 2.16. The van der Waals surface area contributed by atoms with Crippen molar-refractivity contribution in [1.82, 2.24) is 10.2 Å². The largest absolute Gasteiger partial charge is 0.459 e. The maximum absolute atomic E-state index is 13.1. The Balaban J connectivity index is 2.01. The number of carbonyl (C=O) groups excluding carboxylic acids is 1. The van der Waals surface area contributed by atoms with E-state index in [9.17, 15) is 9.18 Å². The molecule has 0 saturated heterocycles. The van der Waals surface area contributed by atoms with Gasteiger partial charge in [0.1, 0.15) is 5.82 Å². The zero-order valence-corrected chi connectivity index (χ0v) is 11.9. The molecule has 0 N–H and O–H groups in total. The fraction of sp³-hybridized carbons (Fsp3) is 0.308. The number of halogens is 1. The van der Waals surface area contributed by atoms with Crippen LogP contribution in [0.4, 0.5) is 4.39 Å². The fourth-order valence-electron chi connectivity index (χ4n) is 1.48. The van der Waals surface area contributed by atoms with Gasteiger partial charge in [-0.15, -0.1) is 5.10 Å². The number of hydrogen-bond acceptors (Lipinski definition) is 6. The quantitative estimate of drug-likeness (QED) is 0.624. The molecule has 0 fully saturated rings. The number of esters is 1. The van der Waals surface area contributed by atoms with Crippen LogP contribution in [-0.4, -0.2) is 22.8 Å². The van der Waals surface area contributed by atoms with Crippen molar-refractivity contribution >= 4 is 17.7 Å². The number of aromatic nitrogens is 2. The van der Waals surface area contributed by atoms with Crippen molar-refractivity contribution in [1.29, 1.82) is 0 Å². The highest BCUT2D eigenvalue weighted by Crippen LogP contribution is 2.23. The second-order valence-corrected chi connectivity index (χ2v) is 4.88. The monoisotopic (exact) mass is 296 g/mol. The first-order valence-electron chi connectivity index (χ1n) is 5.98. The lowest BCUT2D eigenvalue weighted by Crippen LogP contribution is -2.04. The number of aryl methyl sites for hydroxylation is 1. The van der Waals surface area contributed by atoms with Gasteiger partial charge in [0.2, 0.25) is 0 Å². The second kappa shape index (κ2) is 6.51. The Bertz CT molecular complexity index is 615. The molecule has 0 aliphatic carbocycles. The van der Waals surface area contributed by atoms with E-state index in [1.807, 2.05) is 6.92 Å². The van der Waals surface area contributed by atoms with E-state index in [1.54, 1.807) is 13.0 Å². The standard InChI is InChI=1S/C13H13FN2O3S/c1-3-18-12(17)11-15-16-13(19-11)20-7-9-6-10(14)5-4-8(9)2/h4-6H,3,7H2,1-2H3. The predicted molar refractivity (Wildman–Crippen MR) is 71.0 cm³/mol. The summed E-state index contributed by atoms with van der Waals surface area (Å²) in [6, 6.07) is 4.59. The molecule has 0 amide bonds. The van der Waals surface area contributed by atoms with Gasteiger partial charge in [-0.05, 0) is 37.1 Å². The van der Waals surface area contributed by atoms with E-state index in [2.05, 4.69) is 10.2 Å². The molecule has 1 heterocycles. The highest BCUT2D eigenvalue weighted by molar-refractivity contribution is 7.98. The summed E-state index contributed by atoms with van der Waals surface area (Å²) in [6.45, 7) is 3.83. The summed E-state index contributed by atoms with van der Waals surface area (Å²) >= 11 is 1.24. The zero-order chi connectivity index (χ0) is 14.5. The van der Waals surface area contributed by atoms with Gasteiger partial charge in [-0.3, -0.25) is 0 Å². The van der Waals surface area contributed by atoms with E-state index in [-0.39, 0.29) is 23.5 Å². The summed E-state index contributed by atoms with van der Waals surface area (Å²) in [6.07, 6.45) is 0. The topological polar surface area (TPSA) is 65.2 Å². The molecule has 0 bridgehead atoms. The van der Waals surface area contributed by atoms with Gasteiger partial charge in [-0.2, -0.15) is 0 Å². The van der Waals surface area contributed by atoms with Crippen LogP contribution in [0.2, 0.25) is 0 Å². The summed E-state index contributed by atoms with van der Waals surface area (Å²) in [4.78, 5) is 11.4. The van der Waals surface area contributed by atoms with Gasteiger partial charge in [0, 0.05) is 5.75 Å². The van der Waals surface area contributed by atoms with Gasteiger partial charge in [0.05, 0.1) is 6.61 Å². The van der Waals surface area contributed by atoms with Crippen molar-refractivity contribution < 1.29 is 18.3 Å². The number of thioether (sulfide) groups is 1. The zero-order valence-electron chi connectivity index (χ0n) is 11.1. The fourth-order valence-corrected chi connectivity index (χ4v) is 2.30. The average molecular weight is 296 g/mol. The van der Waals surface area contributed by atoms with Crippen LogP contribution in [-0.2, 0) is 10.5 Å². The molecule has 0 aliphatic heterocycles. The van der Waals surface area contributed by atoms with Crippen LogP contribution in [0, 0.1) is 12.7 Å². The number of rotatable bonds is 5. The van der Waals surface area contributed by atoms with Gasteiger partial charge in [0.25, 0.3) is 5.22 Å². The first-order valence-corrected chi connectivity index (χ1v) is 6.97. The van der Waals surface area contributed by atoms with Crippen LogP contribution in [0.25, 0.3) is 0 Å². The summed E-state index contributed by atoms with van der Waals surface area (Å²) < 4.78 is 23.1. The van der Waals surface area contributed by atoms with Crippen molar-refractivity contribution in [2.75, 3.05) is 6.61 Å². The van der Waals surface area contributed by atoms with Gasteiger partial charge in [0.15, 0.2) is 0 Å². The second-order valence-electron chi connectivity index (χ2n) is 3.95. The van der Waals surface area contributed by atoms with Crippen LogP contribution in [0.15, 0.2) is 27.8 Å². The first-order chi connectivity index (χ1) is 9.60. The summed E-state index contributed by atoms with van der Waals surface area (Å²) in [5.41, 5.74) is 1.81. The van der Waals surface area contributed by atoms with E-state index in [4.69, 9.17) is 9.15 Å². The van der Waals surface area contributed by atoms with Crippen LogP contribution < -0.4 is 0 Å². The lowest BCUT2D eigenvalue weighted by molar-refractivity contribution is 0.0475. The molecule has 106 valence electrons. The van der Waals surface area contributed by atoms with Crippen molar-refractivity contribution in [3.63, 3.8) is 0 Å². The number of carbonyl (C=O) groups is 1. The van der Waals surface area contributed by atoms with Crippen LogP contribution >= 0.6 is 11.8 Å². The maximum atomic E-state index is 13.1. The van der Waals surface area contributed by atoms with Crippen molar-refractivity contribution in [3.05, 3.63) is 41.0 Å². The Labute approximate surface area is 119 Å². The number of hydrogen-bond donors (Lipinski definition) is 0. The summed E-state index contributed by atoms with van der Waals surface area (Å²) in [7, 11) is 0. The van der Waals surface area contributed by atoms with Gasteiger partial charge >= 0.3 is 11.9 Å². The third-order valence-corrected chi connectivity index (χ3v) is 3.39. The minimum atomic E-state index is -0.645. The molecule has 0 spiro atoms. The van der Waals surface area contributed by atoms with E-state index < -0.39 is 5.97 Å². The van der Waals surface area contributed by atoms with Gasteiger partial charge < -0.3 is 9.15 Å². The molecule has 0 atom stereocenters. The van der Waals surface area contributed by atoms with Gasteiger partial charge in [-0.25, -0.2) is 9.18 Å². The normalized spacial score (nSPS) is 10.6. The average Bonchev–Trinajstić information content (AvgIpc) is 2.89. The lowest BCUT2D eigenvalue weighted by Gasteiger charge is -2.03. The van der Waals surface area contributed by atoms with E-state index in [1.165, 1.54) is 23.9 Å². The Morgan fingerprint density at radius 1 is 1.45 bits per heavy atom. The number of benzene rings is 1. The molecule has 5 nitrogen and oxygen atoms in total. The molecule has 1 aromatic heterocycles. The highest BCUT2D eigenvalue weighted by atomic mass is 32.2. The van der Waals surface area contributed by atoms with Crippen LogP contribution in [0.3, 0.4) is 0 Å². The van der Waals surface area contributed by atoms with E-state index in [0.717, 1.165) is 11.1 Å². The molecule has 1 aromatic carbocycles. The minimum Gasteiger partial charge on any atom is -0.459 e. The molecule has 0 saturated carbocycles. The third kappa shape index (κ3) is 3.57. The Kier molecular flexibility index (Phi) is 4.73. The Morgan fingerprint density at radius 2 is 2.25 bits per heavy atom. The molecule has 20 heavy (non-hydrogen) atoms. The van der Waals surface area contributed by atoms with Crippen molar-refractivity contribution in [2.45, 2.75) is 24.8 Å². The Morgan fingerprint density at radius 3 is 3.00 bits per heavy atom. The summed E-state index contributed by atoms with van der Waals surface area (Å²) in [5.74, 6) is -0.628. The smallest absolute Gasteiger partial charge is 0.396 e. The predicted octanol–water partition coefficient (Wildman–Crippen LogP) is 2.99. The molecule has 0 radical (unpaired) electrons. The minimum absolute atomic E-state index is 0.176. The van der Waals surface area contributed by atoms with E-state index >= 15 is 0 Å².